The number of nitrogens with one attached hydrogen (secondary N) is 1. The second-order valence-electron chi connectivity index (χ2n) is 5.27. The van der Waals surface area contributed by atoms with E-state index in [4.69, 9.17) is 0 Å². The minimum absolute atomic E-state index is 0.110. The molecule has 1 rings (SSSR count). The van der Waals surface area contributed by atoms with Crippen LogP contribution in [0.15, 0.2) is 17.2 Å². The van der Waals surface area contributed by atoms with Gasteiger partial charge in [0.2, 0.25) is 0 Å². The van der Waals surface area contributed by atoms with Crippen LogP contribution < -0.4 is 11.0 Å². The Labute approximate surface area is 110 Å². The third-order valence-corrected chi connectivity index (χ3v) is 3.21. The summed E-state index contributed by atoms with van der Waals surface area (Å²) >= 11 is 0. The summed E-state index contributed by atoms with van der Waals surface area (Å²) in [5.41, 5.74) is 0.110. The van der Waals surface area contributed by atoms with Gasteiger partial charge in [0.05, 0.1) is 0 Å². The fourth-order valence-corrected chi connectivity index (χ4v) is 2.05. The van der Waals surface area contributed by atoms with E-state index in [1.807, 2.05) is 30.8 Å². The minimum atomic E-state index is 0.110. The molecule has 0 aliphatic rings. The molecule has 0 aliphatic carbocycles. The topological polar surface area (TPSA) is 39.0 Å². The second-order valence-corrected chi connectivity index (χ2v) is 5.27. The SMILES string of the molecule is CCCNC(C)CCCn1ccn(C(C)C)c1=O. The van der Waals surface area contributed by atoms with Crippen LogP contribution in [0.25, 0.3) is 0 Å². The molecular weight excluding hydrogens is 226 g/mol. The summed E-state index contributed by atoms with van der Waals surface area (Å²) < 4.78 is 3.59. The molecule has 4 nitrogen and oxygen atoms in total. The molecule has 1 unspecified atom stereocenters. The zero-order valence-electron chi connectivity index (χ0n) is 12.1. The van der Waals surface area contributed by atoms with Crippen molar-refractivity contribution in [2.24, 2.45) is 0 Å². The fraction of sp³-hybridized carbons (Fsp3) is 0.786. The summed E-state index contributed by atoms with van der Waals surface area (Å²) in [7, 11) is 0. The van der Waals surface area contributed by atoms with Crippen molar-refractivity contribution in [2.75, 3.05) is 6.54 Å². The van der Waals surface area contributed by atoms with Gasteiger partial charge in [0.15, 0.2) is 0 Å². The Balaban J connectivity index is 2.38. The van der Waals surface area contributed by atoms with Crippen molar-refractivity contribution in [3.05, 3.63) is 22.9 Å². The highest BCUT2D eigenvalue weighted by Crippen LogP contribution is 2.02. The van der Waals surface area contributed by atoms with Gasteiger partial charge in [0.25, 0.3) is 0 Å². The van der Waals surface area contributed by atoms with E-state index in [-0.39, 0.29) is 11.7 Å². The smallest absolute Gasteiger partial charge is 0.314 e. The molecule has 1 atom stereocenters. The lowest BCUT2D eigenvalue weighted by Gasteiger charge is -2.12. The molecule has 18 heavy (non-hydrogen) atoms. The van der Waals surface area contributed by atoms with E-state index in [1.165, 1.54) is 6.42 Å². The van der Waals surface area contributed by atoms with Gasteiger partial charge in [-0.25, -0.2) is 4.79 Å². The highest BCUT2D eigenvalue weighted by molar-refractivity contribution is 4.83. The summed E-state index contributed by atoms with van der Waals surface area (Å²) in [6, 6.07) is 0.775. The van der Waals surface area contributed by atoms with Crippen LogP contribution in [0.3, 0.4) is 0 Å². The Morgan fingerprint density at radius 1 is 1.28 bits per heavy atom. The van der Waals surface area contributed by atoms with E-state index in [1.54, 1.807) is 4.57 Å². The Kier molecular flexibility index (Phi) is 6.19. The predicted molar refractivity (Wildman–Crippen MR) is 76.1 cm³/mol. The van der Waals surface area contributed by atoms with Crippen molar-refractivity contribution in [1.29, 1.82) is 0 Å². The largest absolute Gasteiger partial charge is 0.328 e. The van der Waals surface area contributed by atoms with Crippen LogP contribution in [0.2, 0.25) is 0 Å². The first kappa shape index (κ1) is 15.0. The van der Waals surface area contributed by atoms with E-state index < -0.39 is 0 Å². The average molecular weight is 253 g/mol. The van der Waals surface area contributed by atoms with Gasteiger partial charge in [0.1, 0.15) is 0 Å². The van der Waals surface area contributed by atoms with Gasteiger partial charge in [-0.05, 0) is 46.6 Å². The van der Waals surface area contributed by atoms with Crippen molar-refractivity contribution < 1.29 is 0 Å². The lowest BCUT2D eigenvalue weighted by molar-refractivity contribution is 0.467. The number of rotatable bonds is 8. The first-order valence-electron chi connectivity index (χ1n) is 7.07. The molecule has 0 aromatic carbocycles. The number of hydrogen-bond donors (Lipinski definition) is 1. The van der Waals surface area contributed by atoms with Crippen LogP contribution in [-0.2, 0) is 6.54 Å². The molecular formula is C14H27N3O. The summed E-state index contributed by atoms with van der Waals surface area (Å²) in [4.78, 5) is 12.0. The monoisotopic (exact) mass is 253 g/mol. The molecule has 0 saturated carbocycles. The van der Waals surface area contributed by atoms with E-state index in [0.717, 1.165) is 25.9 Å². The minimum Gasteiger partial charge on any atom is -0.314 e. The number of hydrogen-bond acceptors (Lipinski definition) is 2. The highest BCUT2D eigenvalue weighted by Gasteiger charge is 2.06. The fourth-order valence-electron chi connectivity index (χ4n) is 2.05. The molecule has 0 radical (unpaired) electrons. The van der Waals surface area contributed by atoms with Crippen LogP contribution in [0, 0.1) is 0 Å². The molecule has 1 heterocycles. The maximum atomic E-state index is 12.0. The highest BCUT2D eigenvalue weighted by atomic mass is 16.1. The molecule has 0 spiro atoms. The predicted octanol–water partition coefficient (Wildman–Crippen LogP) is 2.40. The van der Waals surface area contributed by atoms with E-state index >= 15 is 0 Å². The van der Waals surface area contributed by atoms with Gasteiger partial charge in [-0.3, -0.25) is 9.13 Å². The molecule has 0 bridgehead atoms. The molecule has 1 N–H and O–H groups in total. The van der Waals surface area contributed by atoms with Crippen molar-refractivity contribution >= 4 is 0 Å². The number of nitrogens with zero attached hydrogens (tertiary/aromatic N) is 2. The van der Waals surface area contributed by atoms with Crippen LogP contribution in [0.1, 0.15) is 53.0 Å². The lowest BCUT2D eigenvalue weighted by atomic mass is 10.2. The molecule has 0 saturated heterocycles. The van der Waals surface area contributed by atoms with Gasteiger partial charge in [-0.15, -0.1) is 0 Å². The van der Waals surface area contributed by atoms with Gasteiger partial charge >= 0.3 is 5.69 Å². The second kappa shape index (κ2) is 7.41. The van der Waals surface area contributed by atoms with Crippen LogP contribution in [0.4, 0.5) is 0 Å². The van der Waals surface area contributed by atoms with Crippen molar-refractivity contribution in [2.45, 2.75) is 65.6 Å². The standard InChI is InChI=1S/C14H27N3O/c1-5-8-15-13(4)7-6-9-16-10-11-17(12(2)3)14(16)18/h10-13,15H,5-9H2,1-4H3. The molecule has 104 valence electrons. The van der Waals surface area contributed by atoms with Crippen LogP contribution in [0.5, 0.6) is 0 Å². The molecule has 1 aromatic heterocycles. The quantitative estimate of drug-likeness (QED) is 0.772. The Morgan fingerprint density at radius 2 is 2.00 bits per heavy atom. The summed E-state index contributed by atoms with van der Waals surface area (Å²) in [6.45, 7) is 10.3. The Bertz CT molecular complexity index is 392. The molecule has 0 aliphatic heterocycles. The zero-order valence-corrected chi connectivity index (χ0v) is 12.1. The number of aromatic nitrogens is 2. The molecule has 4 heteroatoms. The molecule has 1 aromatic rings. The van der Waals surface area contributed by atoms with Gasteiger partial charge < -0.3 is 5.32 Å². The average Bonchev–Trinajstić information content (AvgIpc) is 2.68. The third kappa shape index (κ3) is 4.33. The Morgan fingerprint density at radius 3 is 2.56 bits per heavy atom. The van der Waals surface area contributed by atoms with E-state index in [9.17, 15) is 4.79 Å². The van der Waals surface area contributed by atoms with Gasteiger partial charge in [-0.1, -0.05) is 6.92 Å². The van der Waals surface area contributed by atoms with E-state index in [0.29, 0.717) is 6.04 Å². The lowest BCUT2D eigenvalue weighted by Crippen LogP contribution is -2.28. The third-order valence-electron chi connectivity index (χ3n) is 3.21. The molecule has 0 amide bonds. The normalized spacial score (nSPS) is 13.2. The maximum absolute atomic E-state index is 12.0. The van der Waals surface area contributed by atoms with E-state index in [2.05, 4.69) is 19.2 Å². The Hall–Kier alpha value is -1.03. The van der Waals surface area contributed by atoms with Gasteiger partial charge in [-0.2, -0.15) is 0 Å². The summed E-state index contributed by atoms with van der Waals surface area (Å²) in [5, 5.41) is 3.46. The van der Waals surface area contributed by atoms with Gasteiger partial charge in [0, 0.05) is 31.0 Å². The first-order chi connectivity index (χ1) is 8.56. The van der Waals surface area contributed by atoms with Crippen molar-refractivity contribution in [3.8, 4) is 0 Å². The number of aryl methyl sites for hydroxylation is 1. The first-order valence-corrected chi connectivity index (χ1v) is 7.07. The zero-order chi connectivity index (χ0) is 13.5. The van der Waals surface area contributed by atoms with Crippen LogP contribution in [-0.4, -0.2) is 21.7 Å². The maximum Gasteiger partial charge on any atom is 0.328 e. The summed E-state index contributed by atoms with van der Waals surface area (Å²) in [6.07, 6.45) is 7.10. The summed E-state index contributed by atoms with van der Waals surface area (Å²) in [5.74, 6) is 0. The van der Waals surface area contributed by atoms with Crippen LogP contribution >= 0.6 is 0 Å². The van der Waals surface area contributed by atoms with Crippen molar-refractivity contribution in [1.82, 2.24) is 14.5 Å². The molecule has 0 fully saturated rings. The van der Waals surface area contributed by atoms with Crippen molar-refractivity contribution in [3.63, 3.8) is 0 Å². The number of imidazole rings is 1.